The fourth-order valence-corrected chi connectivity index (χ4v) is 4.96. The Kier molecular flexibility index (Phi) is 3.64. The van der Waals surface area contributed by atoms with Gasteiger partial charge in [0, 0.05) is 23.5 Å². The molecule has 0 spiro atoms. The average molecular weight is 414 g/mol. The van der Waals surface area contributed by atoms with Gasteiger partial charge in [0.2, 0.25) is 0 Å². The largest absolute Gasteiger partial charge is 0.356 e. The van der Waals surface area contributed by atoms with Gasteiger partial charge in [0.1, 0.15) is 0 Å². The molecule has 3 aromatic rings. The fourth-order valence-electron chi connectivity index (χ4n) is 4.96. The van der Waals surface area contributed by atoms with E-state index in [1.807, 2.05) is 24.3 Å². The maximum Gasteiger partial charge on any atom is 0.332 e. The van der Waals surface area contributed by atoms with Crippen LogP contribution in [0, 0.1) is 0 Å². The van der Waals surface area contributed by atoms with E-state index in [0.29, 0.717) is 24.2 Å². The van der Waals surface area contributed by atoms with Crippen molar-refractivity contribution < 1.29 is 14.4 Å². The smallest absolute Gasteiger partial charge is 0.332 e. The zero-order chi connectivity index (χ0) is 21.3. The molecule has 31 heavy (non-hydrogen) atoms. The number of urea groups is 1. The number of imide groups is 1. The third-order valence-electron chi connectivity index (χ3n) is 6.77. The predicted molar refractivity (Wildman–Crippen MR) is 116 cm³/mol. The summed E-state index contributed by atoms with van der Waals surface area (Å²) in [6, 6.07) is 14.6. The van der Waals surface area contributed by atoms with Crippen molar-refractivity contribution in [3.8, 4) is 0 Å². The number of rotatable bonds is 3. The van der Waals surface area contributed by atoms with Crippen molar-refractivity contribution in [1.82, 2.24) is 15.2 Å². The lowest BCUT2D eigenvalue weighted by molar-refractivity contribution is -0.125. The highest BCUT2D eigenvalue weighted by Crippen LogP contribution is 2.45. The first-order valence-corrected chi connectivity index (χ1v) is 10.7. The minimum atomic E-state index is -1.14. The third-order valence-corrected chi connectivity index (χ3v) is 6.77. The molecular formula is C24H22N4O3. The Morgan fingerprint density at radius 2 is 1.84 bits per heavy atom. The van der Waals surface area contributed by atoms with Crippen LogP contribution in [0.15, 0.2) is 48.5 Å². The van der Waals surface area contributed by atoms with Gasteiger partial charge < -0.3 is 15.2 Å². The van der Waals surface area contributed by atoms with Gasteiger partial charge in [0.05, 0.1) is 16.9 Å². The second-order valence-electron chi connectivity index (χ2n) is 8.69. The third kappa shape index (κ3) is 2.43. The van der Waals surface area contributed by atoms with E-state index in [2.05, 4.69) is 10.3 Å². The number of carbonyl (C=O) groups is 3. The molecule has 1 saturated carbocycles. The molecule has 7 nitrogen and oxygen atoms in total. The summed E-state index contributed by atoms with van der Waals surface area (Å²) in [6.45, 7) is 2.25. The lowest BCUT2D eigenvalue weighted by Gasteiger charge is -2.35. The summed E-state index contributed by atoms with van der Waals surface area (Å²) in [7, 11) is 0. The molecule has 2 aliphatic heterocycles. The zero-order valence-electron chi connectivity index (χ0n) is 17.1. The maximum atomic E-state index is 13.8. The van der Waals surface area contributed by atoms with Gasteiger partial charge in [-0.25, -0.2) is 9.69 Å². The van der Waals surface area contributed by atoms with Crippen LogP contribution in [0.1, 0.15) is 41.4 Å². The van der Waals surface area contributed by atoms with Gasteiger partial charge in [-0.05, 0) is 49.9 Å². The number of carbonyl (C=O) groups excluding carboxylic acids is 3. The van der Waals surface area contributed by atoms with Crippen LogP contribution in [-0.4, -0.2) is 40.3 Å². The number of aromatic nitrogens is 1. The second-order valence-corrected chi connectivity index (χ2v) is 8.69. The number of nitrogens with zero attached hydrogens (tertiary/aromatic N) is 2. The first-order chi connectivity index (χ1) is 15.0. The molecule has 3 heterocycles. The molecule has 0 bridgehead atoms. The molecule has 3 aliphatic rings. The summed E-state index contributed by atoms with van der Waals surface area (Å²) in [4.78, 5) is 46.3. The number of fused-ring (bicyclic) bond motifs is 5. The average Bonchev–Trinajstić information content (AvgIpc) is 3.46. The first-order valence-electron chi connectivity index (χ1n) is 10.7. The highest BCUT2D eigenvalue weighted by atomic mass is 16.2. The van der Waals surface area contributed by atoms with E-state index < -0.39 is 5.54 Å². The predicted octanol–water partition coefficient (Wildman–Crippen LogP) is 3.30. The molecular weight excluding hydrogens is 392 g/mol. The number of hydrogen-bond acceptors (Lipinski definition) is 3. The van der Waals surface area contributed by atoms with Gasteiger partial charge in [0.25, 0.3) is 11.8 Å². The van der Waals surface area contributed by atoms with Gasteiger partial charge in [-0.3, -0.25) is 9.59 Å². The van der Waals surface area contributed by atoms with E-state index in [1.165, 1.54) is 4.90 Å². The normalized spacial score (nSPS) is 22.6. The molecule has 6 rings (SSSR count). The van der Waals surface area contributed by atoms with E-state index in [-0.39, 0.29) is 23.9 Å². The standard InChI is InChI=1S/C24H22N4O3/c1-24-20-16(15-6-2-4-8-18(15)26-20)12-13-27(24)23(31)28(22(24)30)19-9-5-3-7-17(19)21(29)25-14-10-11-14/h2-9,14,26H,10-13H2,1H3,(H,25,29). The molecule has 1 aliphatic carbocycles. The monoisotopic (exact) mass is 414 g/mol. The number of para-hydroxylation sites is 2. The topological polar surface area (TPSA) is 85.5 Å². The molecule has 0 radical (unpaired) electrons. The Hall–Kier alpha value is -3.61. The summed E-state index contributed by atoms with van der Waals surface area (Å²) >= 11 is 0. The Labute approximate surface area is 179 Å². The fraction of sp³-hybridized carbons (Fsp3) is 0.292. The number of nitrogens with one attached hydrogen (secondary N) is 2. The molecule has 2 fully saturated rings. The molecule has 1 unspecified atom stereocenters. The maximum absolute atomic E-state index is 13.8. The number of hydrogen-bond donors (Lipinski definition) is 2. The minimum Gasteiger partial charge on any atom is -0.356 e. The van der Waals surface area contributed by atoms with Gasteiger partial charge in [-0.1, -0.05) is 30.3 Å². The van der Waals surface area contributed by atoms with Gasteiger partial charge in [-0.2, -0.15) is 0 Å². The summed E-state index contributed by atoms with van der Waals surface area (Å²) in [5, 5.41) is 4.05. The number of anilines is 1. The van der Waals surface area contributed by atoms with Crippen LogP contribution in [0.5, 0.6) is 0 Å². The van der Waals surface area contributed by atoms with Crippen LogP contribution >= 0.6 is 0 Å². The zero-order valence-corrected chi connectivity index (χ0v) is 17.1. The van der Waals surface area contributed by atoms with Crippen LogP contribution in [0.2, 0.25) is 0 Å². The number of aromatic amines is 1. The molecule has 1 atom stereocenters. The highest BCUT2D eigenvalue weighted by Gasteiger charge is 2.59. The van der Waals surface area contributed by atoms with Crippen LogP contribution in [-0.2, 0) is 16.8 Å². The van der Waals surface area contributed by atoms with Crippen LogP contribution in [0.3, 0.4) is 0 Å². The molecule has 4 amide bonds. The molecule has 156 valence electrons. The van der Waals surface area contributed by atoms with Crippen LogP contribution in [0.25, 0.3) is 10.9 Å². The number of H-pyrrole nitrogens is 1. The van der Waals surface area contributed by atoms with Gasteiger partial charge in [-0.15, -0.1) is 0 Å². The van der Waals surface area contributed by atoms with Gasteiger partial charge >= 0.3 is 6.03 Å². The van der Waals surface area contributed by atoms with E-state index >= 15 is 0 Å². The van der Waals surface area contributed by atoms with E-state index in [4.69, 9.17) is 0 Å². The van der Waals surface area contributed by atoms with Crippen molar-refractivity contribution >= 4 is 34.4 Å². The lowest BCUT2D eigenvalue weighted by atomic mass is 9.87. The first kappa shape index (κ1) is 18.2. The Morgan fingerprint density at radius 1 is 1.10 bits per heavy atom. The highest BCUT2D eigenvalue weighted by molar-refractivity contribution is 6.25. The minimum absolute atomic E-state index is 0.184. The Balaban J connectivity index is 1.47. The van der Waals surface area contributed by atoms with Crippen molar-refractivity contribution in [2.24, 2.45) is 0 Å². The summed E-state index contributed by atoms with van der Waals surface area (Å²) in [5.74, 6) is -0.586. The number of amides is 4. The lowest BCUT2D eigenvalue weighted by Crippen LogP contribution is -2.49. The second kappa shape index (κ2) is 6.20. The van der Waals surface area contributed by atoms with Crippen molar-refractivity contribution in [2.45, 2.75) is 37.8 Å². The molecule has 1 saturated heterocycles. The van der Waals surface area contributed by atoms with Crippen molar-refractivity contribution in [3.63, 3.8) is 0 Å². The molecule has 2 N–H and O–H groups in total. The quantitative estimate of drug-likeness (QED) is 0.645. The van der Waals surface area contributed by atoms with Crippen LogP contribution in [0.4, 0.5) is 10.5 Å². The summed E-state index contributed by atoms with van der Waals surface area (Å²) in [6.07, 6.45) is 2.60. The Morgan fingerprint density at radius 3 is 2.65 bits per heavy atom. The molecule has 7 heteroatoms. The van der Waals surface area contributed by atoms with Crippen LogP contribution < -0.4 is 10.2 Å². The number of benzene rings is 2. The van der Waals surface area contributed by atoms with E-state index in [1.54, 1.807) is 36.1 Å². The SMILES string of the molecule is CC12C(=O)N(c3ccccc3C(=O)NC3CC3)C(=O)N1CCc1c2[nH]c2ccccc12. The van der Waals surface area contributed by atoms with Crippen molar-refractivity contribution in [3.05, 3.63) is 65.4 Å². The van der Waals surface area contributed by atoms with Gasteiger partial charge in [0.15, 0.2) is 5.54 Å². The Bertz CT molecular complexity index is 1270. The van der Waals surface area contributed by atoms with E-state index in [9.17, 15) is 14.4 Å². The summed E-state index contributed by atoms with van der Waals surface area (Å²) < 4.78 is 0. The van der Waals surface area contributed by atoms with E-state index in [0.717, 1.165) is 35.0 Å². The van der Waals surface area contributed by atoms with Crippen molar-refractivity contribution in [2.75, 3.05) is 11.4 Å². The molecule has 1 aromatic heterocycles. The van der Waals surface area contributed by atoms with Crippen molar-refractivity contribution in [1.29, 1.82) is 0 Å². The summed E-state index contributed by atoms with van der Waals surface area (Å²) in [5.41, 5.74) is 2.35. The molecule has 2 aromatic carbocycles.